The van der Waals surface area contributed by atoms with Crippen molar-refractivity contribution in [2.75, 3.05) is 30.4 Å². The normalized spacial score (nSPS) is 15.1. The van der Waals surface area contributed by atoms with Crippen LogP contribution in [0.4, 0.5) is 11.6 Å². The summed E-state index contributed by atoms with van der Waals surface area (Å²) in [5, 5.41) is 12.4. The molecule has 5 nitrogen and oxygen atoms in total. The third-order valence-electron chi connectivity index (χ3n) is 3.64. The maximum absolute atomic E-state index is 9.26. The van der Waals surface area contributed by atoms with Gasteiger partial charge in [-0.3, -0.25) is 0 Å². The molecule has 0 saturated heterocycles. The second-order valence-corrected chi connectivity index (χ2v) is 5.03. The van der Waals surface area contributed by atoms with Gasteiger partial charge >= 0.3 is 0 Å². The summed E-state index contributed by atoms with van der Waals surface area (Å²) in [6.07, 6.45) is 5.60. The van der Waals surface area contributed by atoms with E-state index in [4.69, 9.17) is 0 Å². The minimum absolute atomic E-state index is 0.165. The van der Waals surface area contributed by atoms with Crippen molar-refractivity contribution < 1.29 is 5.11 Å². The van der Waals surface area contributed by atoms with E-state index in [-0.39, 0.29) is 6.61 Å². The third-order valence-corrected chi connectivity index (χ3v) is 3.64. The first-order chi connectivity index (χ1) is 9.28. The molecule has 1 aromatic rings. The molecule has 0 amide bonds. The molecule has 5 heteroatoms. The fourth-order valence-electron chi connectivity index (χ4n) is 2.38. The van der Waals surface area contributed by atoms with Crippen LogP contribution in [0.15, 0.2) is 6.07 Å². The smallest absolute Gasteiger partial charge is 0.134 e. The van der Waals surface area contributed by atoms with Gasteiger partial charge in [-0.1, -0.05) is 6.92 Å². The highest BCUT2D eigenvalue weighted by Crippen LogP contribution is 2.29. The Bertz CT molecular complexity index is 406. The summed E-state index contributed by atoms with van der Waals surface area (Å²) in [6.45, 7) is 2.95. The number of aliphatic hydroxyl groups is 1. The minimum atomic E-state index is 0.165. The predicted molar refractivity (Wildman–Crippen MR) is 77.6 cm³/mol. The number of nitrogens with zero attached hydrogens (tertiary/aromatic N) is 3. The van der Waals surface area contributed by atoms with Crippen molar-refractivity contribution in [2.45, 2.75) is 45.1 Å². The first-order valence-electron chi connectivity index (χ1n) is 7.21. The molecule has 0 aromatic carbocycles. The highest BCUT2D eigenvalue weighted by molar-refractivity contribution is 5.50. The zero-order valence-corrected chi connectivity index (χ0v) is 11.9. The van der Waals surface area contributed by atoms with Crippen LogP contribution in [0, 0.1) is 0 Å². The summed E-state index contributed by atoms with van der Waals surface area (Å²) < 4.78 is 0. The third kappa shape index (κ3) is 3.35. The van der Waals surface area contributed by atoms with Crippen molar-refractivity contribution in [3.05, 3.63) is 11.9 Å². The minimum Gasteiger partial charge on any atom is -0.395 e. The lowest BCUT2D eigenvalue weighted by molar-refractivity contribution is 0.283. The zero-order valence-electron chi connectivity index (χ0n) is 11.9. The predicted octanol–water partition coefficient (Wildman–Crippen LogP) is 1.82. The summed E-state index contributed by atoms with van der Waals surface area (Å²) in [7, 11) is 1.88. The van der Waals surface area contributed by atoms with E-state index < -0.39 is 0 Å². The lowest BCUT2D eigenvalue weighted by Gasteiger charge is -2.38. The quantitative estimate of drug-likeness (QED) is 0.786. The molecule has 0 radical (unpaired) electrons. The van der Waals surface area contributed by atoms with Crippen LogP contribution in [0.2, 0.25) is 0 Å². The van der Waals surface area contributed by atoms with E-state index in [0.29, 0.717) is 12.6 Å². The molecule has 0 unspecified atom stereocenters. The van der Waals surface area contributed by atoms with Gasteiger partial charge in [0.2, 0.25) is 0 Å². The van der Waals surface area contributed by atoms with Crippen molar-refractivity contribution in [3.8, 4) is 0 Å². The first-order valence-corrected chi connectivity index (χ1v) is 7.21. The van der Waals surface area contributed by atoms with E-state index in [1.54, 1.807) is 0 Å². The average Bonchev–Trinajstić information content (AvgIpc) is 2.36. The van der Waals surface area contributed by atoms with E-state index in [1.807, 2.05) is 13.1 Å². The Kier molecular flexibility index (Phi) is 4.96. The summed E-state index contributed by atoms with van der Waals surface area (Å²) >= 11 is 0. The molecular weight excluding hydrogens is 240 g/mol. The number of hydrogen-bond donors (Lipinski definition) is 2. The van der Waals surface area contributed by atoms with Crippen LogP contribution in [-0.4, -0.2) is 41.3 Å². The lowest BCUT2D eigenvalue weighted by atomic mass is 9.91. The molecule has 0 bridgehead atoms. The Labute approximate surface area is 115 Å². The van der Waals surface area contributed by atoms with Crippen LogP contribution >= 0.6 is 0 Å². The molecule has 1 heterocycles. The molecule has 1 saturated carbocycles. The summed E-state index contributed by atoms with van der Waals surface area (Å²) in [6, 6.07) is 2.51. The Morgan fingerprint density at radius 1 is 1.42 bits per heavy atom. The first kappa shape index (κ1) is 14.1. The van der Waals surface area contributed by atoms with Gasteiger partial charge in [-0.05, 0) is 25.7 Å². The van der Waals surface area contributed by atoms with Crippen LogP contribution < -0.4 is 10.2 Å². The Hall–Kier alpha value is -1.36. The second-order valence-electron chi connectivity index (χ2n) is 5.03. The molecule has 2 N–H and O–H groups in total. The highest BCUT2D eigenvalue weighted by Gasteiger charge is 2.26. The second kappa shape index (κ2) is 6.70. The van der Waals surface area contributed by atoms with Crippen LogP contribution in [0.1, 0.15) is 38.4 Å². The van der Waals surface area contributed by atoms with E-state index in [9.17, 15) is 5.11 Å². The van der Waals surface area contributed by atoms with E-state index in [1.165, 1.54) is 19.3 Å². The standard InChI is InChI=1S/C14H24N4O/c1-3-5-12-16-13(15-2)10-14(17-12)18(8-9-19)11-6-4-7-11/h10-11,19H,3-9H2,1-2H3,(H,15,16,17). The highest BCUT2D eigenvalue weighted by atomic mass is 16.3. The molecule has 19 heavy (non-hydrogen) atoms. The molecule has 106 valence electrons. The van der Waals surface area contributed by atoms with E-state index in [0.717, 1.165) is 30.3 Å². The number of nitrogens with one attached hydrogen (secondary N) is 1. The van der Waals surface area contributed by atoms with Crippen molar-refractivity contribution in [1.82, 2.24) is 9.97 Å². The van der Waals surface area contributed by atoms with Gasteiger partial charge in [0.15, 0.2) is 0 Å². The Balaban J connectivity index is 2.25. The maximum Gasteiger partial charge on any atom is 0.134 e. The number of aliphatic hydroxyl groups excluding tert-OH is 1. The van der Waals surface area contributed by atoms with E-state index in [2.05, 4.69) is 27.1 Å². The molecule has 2 rings (SSSR count). The van der Waals surface area contributed by atoms with Crippen LogP contribution in [0.5, 0.6) is 0 Å². The maximum atomic E-state index is 9.26. The molecule has 1 aromatic heterocycles. The summed E-state index contributed by atoms with van der Waals surface area (Å²) in [5.41, 5.74) is 0. The molecule has 0 aliphatic heterocycles. The van der Waals surface area contributed by atoms with Crippen LogP contribution in [0.25, 0.3) is 0 Å². The van der Waals surface area contributed by atoms with Gasteiger partial charge in [0.25, 0.3) is 0 Å². The van der Waals surface area contributed by atoms with Crippen molar-refractivity contribution >= 4 is 11.6 Å². The molecule has 0 spiro atoms. The van der Waals surface area contributed by atoms with Gasteiger partial charge in [0.1, 0.15) is 17.5 Å². The Morgan fingerprint density at radius 2 is 2.21 bits per heavy atom. The molecule has 1 aliphatic rings. The van der Waals surface area contributed by atoms with Gasteiger partial charge < -0.3 is 15.3 Å². The van der Waals surface area contributed by atoms with Gasteiger partial charge in [-0.2, -0.15) is 0 Å². The number of anilines is 2. The number of rotatable bonds is 7. The lowest BCUT2D eigenvalue weighted by Crippen LogP contribution is -2.42. The summed E-state index contributed by atoms with van der Waals surface area (Å²) in [5.74, 6) is 2.68. The van der Waals surface area contributed by atoms with Crippen LogP contribution in [-0.2, 0) is 6.42 Å². The fourth-order valence-corrected chi connectivity index (χ4v) is 2.38. The van der Waals surface area contributed by atoms with Crippen LogP contribution in [0.3, 0.4) is 0 Å². The molecular formula is C14H24N4O. The monoisotopic (exact) mass is 264 g/mol. The number of aromatic nitrogens is 2. The number of hydrogen-bond acceptors (Lipinski definition) is 5. The Morgan fingerprint density at radius 3 is 2.74 bits per heavy atom. The fraction of sp³-hybridized carbons (Fsp3) is 0.714. The molecule has 0 atom stereocenters. The van der Waals surface area contributed by atoms with E-state index >= 15 is 0 Å². The summed E-state index contributed by atoms with van der Waals surface area (Å²) in [4.78, 5) is 11.4. The van der Waals surface area contributed by atoms with Gasteiger partial charge in [-0.25, -0.2) is 9.97 Å². The zero-order chi connectivity index (χ0) is 13.7. The molecule has 1 aliphatic carbocycles. The SMILES string of the molecule is CCCc1nc(NC)cc(N(CCO)C2CCC2)n1. The van der Waals surface area contributed by atoms with Crippen molar-refractivity contribution in [2.24, 2.45) is 0 Å². The largest absolute Gasteiger partial charge is 0.395 e. The van der Waals surface area contributed by atoms with Gasteiger partial charge in [0, 0.05) is 32.1 Å². The number of aryl methyl sites for hydroxylation is 1. The average molecular weight is 264 g/mol. The van der Waals surface area contributed by atoms with Crippen molar-refractivity contribution in [3.63, 3.8) is 0 Å². The van der Waals surface area contributed by atoms with Crippen molar-refractivity contribution in [1.29, 1.82) is 0 Å². The van der Waals surface area contributed by atoms with Gasteiger partial charge in [-0.15, -0.1) is 0 Å². The van der Waals surface area contributed by atoms with Gasteiger partial charge in [0.05, 0.1) is 6.61 Å². The topological polar surface area (TPSA) is 61.3 Å². The molecule has 1 fully saturated rings.